The second kappa shape index (κ2) is 7.78. The first-order valence-electron chi connectivity index (χ1n) is 7.96. The smallest absolute Gasteiger partial charge is 0.403 e. The zero-order valence-corrected chi connectivity index (χ0v) is 15.4. The molecule has 5 N–H and O–H groups in total. The first kappa shape index (κ1) is 21.7. The Morgan fingerprint density at radius 3 is 2.78 bits per heavy atom. The summed E-state index contributed by atoms with van der Waals surface area (Å²) in [6, 6.07) is -2.29. The monoisotopic (exact) mass is 413 g/mol. The van der Waals surface area contributed by atoms with E-state index in [1.54, 1.807) is 0 Å². The minimum atomic E-state index is -4.58. The average molecular weight is 413 g/mol. The first-order valence-corrected chi connectivity index (χ1v) is 9.53. The highest BCUT2D eigenvalue weighted by Crippen LogP contribution is 2.41. The maximum absolute atomic E-state index is 14.9. The van der Waals surface area contributed by atoms with Crippen LogP contribution in [0.15, 0.2) is 0 Å². The first-order chi connectivity index (χ1) is 12.3. The molecule has 0 radical (unpaired) electrons. The molecule has 2 heterocycles. The minimum Gasteiger partial charge on any atom is -0.480 e. The number of rotatable bonds is 7. The fraction of sp³-hybridized carbons (Fsp3) is 0.769. The van der Waals surface area contributed by atoms with Crippen LogP contribution in [-0.2, 0) is 23.4 Å². The predicted molar refractivity (Wildman–Crippen MR) is 85.1 cm³/mol. The van der Waals surface area contributed by atoms with Crippen LogP contribution in [0, 0.1) is 0 Å². The number of aliphatic carboxylic acids is 1. The molecule has 2 fully saturated rings. The number of hydrogen-bond donors (Lipinski definition) is 5. The molecule has 2 aliphatic rings. The fourth-order valence-corrected chi connectivity index (χ4v) is 3.73. The molecule has 2 aliphatic heterocycles. The van der Waals surface area contributed by atoms with Gasteiger partial charge < -0.3 is 19.8 Å². The second-order valence-electron chi connectivity index (χ2n) is 6.42. The normalized spacial score (nSPS) is 34.9. The van der Waals surface area contributed by atoms with Crippen molar-refractivity contribution in [1.29, 1.82) is 0 Å². The number of nitrogens with zero attached hydrogens (tertiary/aromatic N) is 1. The number of carbonyl (C=O) groups is 3. The minimum absolute atomic E-state index is 0.0816. The molecule has 0 aromatic carbocycles. The number of carbonyl (C=O) groups excluding carboxylic acids is 2. The number of aliphatic hydroxyl groups excluding tert-OH is 1. The third kappa shape index (κ3) is 4.81. The Kier molecular flexibility index (Phi) is 6.24. The summed E-state index contributed by atoms with van der Waals surface area (Å²) in [4.78, 5) is 44.3. The van der Waals surface area contributed by atoms with Gasteiger partial charge in [0.2, 0.25) is 5.91 Å². The molecule has 3 amide bonds. The number of carboxylic acids is 1. The summed E-state index contributed by atoms with van der Waals surface area (Å²) in [6.45, 7) is 1.21. The Balaban J connectivity index is 2.03. The van der Waals surface area contributed by atoms with Crippen LogP contribution in [0.2, 0.25) is 0 Å². The number of ether oxygens (including phenoxy) is 1. The summed E-state index contributed by atoms with van der Waals surface area (Å²) in [5.41, 5.74) is -2.45. The SMILES string of the molecule is CC(NP(=O)(O)OCC1OC(N2CCC(=O)NC2=O)C(C)(F)C1O)C(=O)O. The Labute approximate surface area is 153 Å². The summed E-state index contributed by atoms with van der Waals surface area (Å²) in [7, 11) is -4.58. The molecular formula is C13H21FN3O9P. The highest BCUT2D eigenvalue weighted by molar-refractivity contribution is 7.50. The fourth-order valence-electron chi connectivity index (χ4n) is 2.70. The highest BCUT2D eigenvalue weighted by Gasteiger charge is 2.58. The zero-order valence-electron chi connectivity index (χ0n) is 14.5. The number of urea groups is 1. The summed E-state index contributed by atoms with van der Waals surface area (Å²) >= 11 is 0. The molecule has 6 atom stereocenters. The number of carboxylic acid groups (broad SMARTS) is 1. The lowest BCUT2D eigenvalue weighted by molar-refractivity contribution is -0.138. The Bertz CT molecular complexity index is 675. The molecule has 0 aromatic heterocycles. The molecule has 0 spiro atoms. The van der Waals surface area contributed by atoms with Crippen molar-refractivity contribution < 1.29 is 47.7 Å². The highest BCUT2D eigenvalue weighted by atomic mass is 31.2. The van der Waals surface area contributed by atoms with Crippen LogP contribution in [0.5, 0.6) is 0 Å². The third-order valence-corrected chi connectivity index (χ3v) is 5.44. The standard InChI is InChI=1S/C13H21FN3O9P/c1-6(10(20)21)16-27(23,24)25-5-7-9(19)13(2,14)11(26-7)17-4-3-8(18)15-12(17)22/h6-7,9,11,19H,3-5H2,1-2H3,(H,20,21)(H,15,18,22)(H2,16,23,24). The van der Waals surface area contributed by atoms with E-state index in [1.165, 1.54) is 0 Å². The molecule has 2 rings (SSSR count). The number of halogens is 1. The topological polar surface area (TPSA) is 175 Å². The maximum atomic E-state index is 14.9. The van der Waals surface area contributed by atoms with E-state index in [4.69, 9.17) is 9.84 Å². The van der Waals surface area contributed by atoms with Crippen molar-refractivity contribution in [3.63, 3.8) is 0 Å². The second-order valence-corrected chi connectivity index (χ2v) is 7.98. The van der Waals surface area contributed by atoms with Crippen LogP contribution in [0.25, 0.3) is 0 Å². The van der Waals surface area contributed by atoms with Gasteiger partial charge in [-0.05, 0) is 13.8 Å². The molecule has 27 heavy (non-hydrogen) atoms. The average Bonchev–Trinajstić information content (AvgIpc) is 2.76. The molecule has 14 heteroatoms. The van der Waals surface area contributed by atoms with Crippen LogP contribution in [-0.4, -0.2) is 81.2 Å². The van der Waals surface area contributed by atoms with E-state index in [2.05, 4.69) is 4.52 Å². The van der Waals surface area contributed by atoms with Crippen LogP contribution in [0.3, 0.4) is 0 Å². The van der Waals surface area contributed by atoms with Crippen molar-refractivity contribution in [3.8, 4) is 0 Å². The van der Waals surface area contributed by atoms with E-state index in [9.17, 15) is 33.3 Å². The van der Waals surface area contributed by atoms with Crippen molar-refractivity contribution in [2.75, 3.05) is 13.2 Å². The molecule has 0 saturated carbocycles. The van der Waals surface area contributed by atoms with Gasteiger partial charge in [0.25, 0.3) is 0 Å². The molecular weight excluding hydrogens is 392 g/mol. The number of amides is 3. The summed E-state index contributed by atoms with van der Waals surface area (Å²) in [6.07, 6.45) is -4.87. The van der Waals surface area contributed by atoms with Crippen LogP contribution in [0.4, 0.5) is 9.18 Å². The number of imide groups is 1. The van der Waals surface area contributed by atoms with E-state index in [0.29, 0.717) is 0 Å². The van der Waals surface area contributed by atoms with Crippen LogP contribution < -0.4 is 10.4 Å². The van der Waals surface area contributed by atoms with Crippen molar-refractivity contribution in [3.05, 3.63) is 0 Å². The van der Waals surface area contributed by atoms with Crippen LogP contribution in [0.1, 0.15) is 20.3 Å². The van der Waals surface area contributed by atoms with Gasteiger partial charge in [-0.1, -0.05) is 0 Å². The number of nitrogens with one attached hydrogen (secondary N) is 2. The molecule has 6 unspecified atom stereocenters. The van der Waals surface area contributed by atoms with Crippen molar-refractivity contribution in [2.45, 2.75) is 50.4 Å². The predicted octanol–water partition coefficient (Wildman–Crippen LogP) is -1.08. The lowest BCUT2D eigenvalue weighted by Crippen LogP contribution is -2.59. The third-order valence-electron chi connectivity index (χ3n) is 4.23. The van der Waals surface area contributed by atoms with E-state index in [-0.39, 0.29) is 13.0 Å². The van der Waals surface area contributed by atoms with E-state index < -0.39 is 62.4 Å². The van der Waals surface area contributed by atoms with Gasteiger partial charge in [0.1, 0.15) is 18.2 Å². The molecule has 12 nitrogen and oxygen atoms in total. The van der Waals surface area contributed by atoms with Crippen molar-refractivity contribution in [2.24, 2.45) is 0 Å². The molecule has 2 saturated heterocycles. The quantitative estimate of drug-likeness (QED) is 0.323. The molecule has 0 aliphatic carbocycles. The lowest BCUT2D eigenvalue weighted by atomic mass is 9.97. The van der Waals surface area contributed by atoms with Crippen molar-refractivity contribution >= 4 is 25.7 Å². The number of aliphatic hydroxyl groups is 1. The van der Waals surface area contributed by atoms with Gasteiger partial charge in [-0.2, -0.15) is 0 Å². The maximum Gasteiger partial charge on any atom is 0.403 e. The van der Waals surface area contributed by atoms with Crippen LogP contribution >= 0.6 is 7.75 Å². The number of hydrogen-bond acceptors (Lipinski definition) is 7. The van der Waals surface area contributed by atoms with Gasteiger partial charge in [0, 0.05) is 13.0 Å². The molecule has 0 aromatic rings. The molecule has 154 valence electrons. The van der Waals surface area contributed by atoms with Gasteiger partial charge in [0.05, 0.1) is 6.61 Å². The largest absolute Gasteiger partial charge is 0.480 e. The summed E-state index contributed by atoms with van der Waals surface area (Å²) in [5, 5.41) is 22.7. The van der Waals surface area contributed by atoms with Gasteiger partial charge in [-0.15, -0.1) is 0 Å². The summed E-state index contributed by atoms with van der Waals surface area (Å²) < 4.78 is 36.8. The van der Waals surface area contributed by atoms with Crippen molar-refractivity contribution in [1.82, 2.24) is 15.3 Å². The van der Waals surface area contributed by atoms with E-state index in [1.807, 2.05) is 10.4 Å². The van der Waals surface area contributed by atoms with Gasteiger partial charge in [0.15, 0.2) is 11.9 Å². The van der Waals surface area contributed by atoms with E-state index >= 15 is 0 Å². The number of alkyl halides is 1. The van der Waals surface area contributed by atoms with Gasteiger partial charge in [-0.25, -0.2) is 18.8 Å². The van der Waals surface area contributed by atoms with E-state index in [0.717, 1.165) is 18.7 Å². The Morgan fingerprint density at radius 2 is 2.22 bits per heavy atom. The van der Waals surface area contributed by atoms with Gasteiger partial charge >= 0.3 is 19.7 Å². The summed E-state index contributed by atoms with van der Waals surface area (Å²) in [5.74, 6) is -1.93. The molecule has 0 bridgehead atoms. The Morgan fingerprint density at radius 1 is 1.59 bits per heavy atom. The zero-order chi connectivity index (χ0) is 20.6. The lowest BCUT2D eigenvalue weighted by Gasteiger charge is -2.35. The Hall–Kier alpha value is -1.63. The van der Waals surface area contributed by atoms with Gasteiger partial charge in [-0.3, -0.25) is 24.3 Å².